The van der Waals surface area contributed by atoms with E-state index in [1.807, 2.05) is 12.1 Å². The first-order valence-electron chi connectivity index (χ1n) is 7.28. The lowest BCUT2D eigenvalue weighted by atomic mass is 9.92. The quantitative estimate of drug-likeness (QED) is 0.717. The number of aryl methyl sites for hydroxylation is 2. The molecule has 0 aromatic heterocycles. The molecule has 1 aliphatic carbocycles. The molecule has 0 bridgehead atoms. The monoisotopic (exact) mass is 337 g/mol. The third-order valence-electron chi connectivity index (χ3n) is 4.45. The third-order valence-corrected chi connectivity index (χ3v) is 4.95. The van der Waals surface area contributed by atoms with Crippen LogP contribution in [0.5, 0.6) is 0 Å². The van der Waals surface area contributed by atoms with Gasteiger partial charge in [-0.3, -0.25) is 0 Å². The summed E-state index contributed by atoms with van der Waals surface area (Å²) in [5, 5.41) is 2.75. The van der Waals surface area contributed by atoms with Crippen LogP contribution in [0.3, 0.4) is 0 Å². The lowest BCUT2D eigenvalue weighted by Gasteiger charge is -2.16. The predicted octanol–water partition coefficient (Wildman–Crippen LogP) is 4.75. The SMILES string of the molecule is NC(c1cccc(Br)c1)c1ccc2c3c(cccc13)CC2. The Morgan fingerprint density at radius 1 is 0.905 bits per heavy atom. The molecule has 21 heavy (non-hydrogen) atoms. The highest BCUT2D eigenvalue weighted by molar-refractivity contribution is 9.10. The topological polar surface area (TPSA) is 26.0 Å². The second-order valence-electron chi connectivity index (χ2n) is 5.69. The average Bonchev–Trinajstić information content (AvgIpc) is 2.92. The van der Waals surface area contributed by atoms with Crippen molar-refractivity contribution >= 4 is 26.7 Å². The van der Waals surface area contributed by atoms with Gasteiger partial charge in [0.05, 0.1) is 6.04 Å². The molecule has 2 N–H and O–H groups in total. The minimum atomic E-state index is -0.0904. The van der Waals surface area contributed by atoms with Crippen LogP contribution in [0, 0.1) is 0 Å². The summed E-state index contributed by atoms with van der Waals surface area (Å²) in [6.45, 7) is 0. The van der Waals surface area contributed by atoms with Crippen molar-refractivity contribution in [2.75, 3.05) is 0 Å². The minimum Gasteiger partial charge on any atom is -0.320 e. The smallest absolute Gasteiger partial charge is 0.0558 e. The molecule has 0 radical (unpaired) electrons. The van der Waals surface area contributed by atoms with Crippen molar-refractivity contribution in [1.29, 1.82) is 0 Å². The van der Waals surface area contributed by atoms with E-state index in [4.69, 9.17) is 5.73 Å². The molecule has 4 rings (SSSR count). The lowest BCUT2D eigenvalue weighted by molar-refractivity contribution is 0.879. The maximum absolute atomic E-state index is 6.55. The molecule has 0 saturated heterocycles. The van der Waals surface area contributed by atoms with Crippen LogP contribution < -0.4 is 5.73 Å². The van der Waals surface area contributed by atoms with Crippen molar-refractivity contribution in [2.45, 2.75) is 18.9 Å². The van der Waals surface area contributed by atoms with Crippen LogP contribution in [0.25, 0.3) is 10.8 Å². The first-order valence-corrected chi connectivity index (χ1v) is 8.08. The summed E-state index contributed by atoms with van der Waals surface area (Å²) in [5.74, 6) is 0. The van der Waals surface area contributed by atoms with Crippen molar-refractivity contribution in [3.8, 4) is 0 Å². The van der Waals surface area contributed by atoms with Crippen LogP contribution in [-0.4, -0.2) is 0 Å². The first-order chi connectivity index (χ1) is 10.2. The summed E-state index contributed by atoms with van der Waals surface area (Å²) in [7, 11) is 0. The van der Waals surface area contributed by atoms with Gasteiger partial charge >= 0.3 is 0 Å². The van der Waals surface area contributed by atoms with Crippen LogP contribution in [0.1, 0.15) is 28.3 Å². The molecule has 0 fully saturated rings. The summed E-state index contributed by atoms with van der Waals surface area (Å²) in [5.41, 5.74) is 11.8. The van der Waals surface area contributed by atoms with Crippen molar-refractivity contribution in [1.82, 2.24) is 0 Å². The predicted molar refractivity (Wildman–Crippen MR) is 91.5 cm³/mol. The Hall–Kier alpha value is -1.64. The van der Waals surface area contributed by atoms with Gasteiger partial charge < -0.3 is 5.73 Å². The molecular weight excluding hydrogens is 322 g/mol. The molecule has 3 aromatic carbocycles. The van der Waals surface area contributed by atoms with Gasteiger partial charge in [0.25, 0.3) is 0 Å². The molecule has 104 valence electrons. The van der Waals surface area contributed by atoms with E-state index in [0.29, 0.717) is 0 Å². The fraction of sp³-hybridized carbons (Fsp3) is 0.158. The molecule has 1 unspecified atom stereocenters. The molecule has 2 heteroatoms. The van der Waals surface area contributed by atoms with Gasteiger partial charge in [-0.1, -0.05) is 58.4 Å². The molecule has 1 atom stereocenters. The second kappa shape index (κ2) is 4.97. The standard InChI is InChI=1S/C19H16BrN/c20-15-5-1-4-14(11-15)19(21)17-10-9-13-8-7-12-3-2-6-16(17)18(12)13/h1-6,9-11,19H,7-8,21H2. The van der Waals surface area contributed by atoms with E-state index >= 15 is 0 Å². The van der Waals surface area contributed by atoms with Crippen LogP contribution in [0.15, 0.2) is 59.1 Å². The number of rotatable bonds is 2. The van der Waals surface area contributed by atoms with E-state index in [2.05, 4.69) is 58.4 Å². The van der Waals surface area contributed by atoms with Gasteiger partial charge in [-0.2, -0.15) is 0 Å². The van der Waals surface area contributed by atoms with Crippen molar-refractivity contribution in [2.24, 2.45) is 5.73 Å². The Kier molecular flexibility index (Phi) is 3.09. The van der Waals surface area contributed by atoms with Gasteiger partial charge in [-0.15, -0.1) is 0 Å². The zero-order chi connectivity index (χ0) is 14.4. The normalized spacial score (nSPS) is 14.6. The molecule has 1 nitrogen and oxygen atoms in total. The van der Waals surface area contributed by atoms with Crippen LogP contribution >= 0.6 is 15.9 Å². The van der Waals surface area contributed by atoms with Crippen molar-refractivity contribution < 1.29 is 0 Å². The van der Waals surface area contributed by atoms with E-state index in [-0.39, 0.29) is 6.04 Å². The highest BCUT2D eigenvalue weighted by Crippen LogP contribution is 2.36. The van der Waals surface area contributed by atoms with Crippen LogP contribution in [0.4, 0.5) is 0 Å². The van der Waals surface area contributed by atoms with Gasteiger partial charge in [0.1, 0.15) is 0 Å². The zero-order valence-electron chi connectivity index (χ0n) is 11.6. The maximum Gasteiger partial charge on any atom is 0.0558 e. The fourth-order valence-electron chi connectivity index (χ4n) is 3.42. The minimum absolute atomic E-state index is 0.0904. The Morgan fingerprint density at radius 2 is 1.67 bits per heavy atom. The summed E-state index contributed by atoms with van der Waals surface area (Å²) in [4.78, 5) is 0. The van der Waals surface area contributed by atoms with E-state index in [0.717, 1.165) is 22.9 Å². The van der Waals surface area contributed by atoms with Gasteiger partial charge in [0.15, 0.2) is 0 Å². The average molecular weight is 338 g/mol. The fourth-order valence-corrected chi connectivity index (χ4v) is 3.84. The Bertz CT molecular complexity index is 828. The molecular formula is C19H16BrN. The van der Waals surface area contributed by atoms with Crippen molar-refractivity contribution in [3.63, 3.8) is 0 Å². The van der Waals surface area contributed by atoms with E-state index < -0.39 is 0 Å². The van der Waals surface area contributed by atoms with Crippen LogP contribution in [-0.2, 0) is 12.8 Å². The largest absolute Gasteiger partial charge is 0.320 e. The molecule has 0 heterocycles. The van der Waals surface area contributed by atoms with Crippen LogP contribution in [0.2, 0.25) is 0 Å². The second-order valence-corrected chi connectivity index (χ2v) is 6.60. The van der Waals surface area contributed by atoms with Gasteiger partial charge in [0, 0.05) is 4.47 Å². The summed E-state index contributed by atoms with van der Waals surface area (Å²) >= 11 is 3.53. The van der Waals surface area contributed by atoms with E-state index in [1.54, 1.807) is 0 Å². The summed E-state index contributed by atoms with van der Waals surface area (Å²) in [6, 6.07) is 19.3. The highest BCUT2D eigenvalue weighted by Gasteiger charge is 2.19. The van der Waals surface area contributed by atoms with Gasteiger partial charge in [-0.05, 0) is 58.0 Å². The Morgan fingerprint density at radius 3 is 2.48 bits per heavy atom. The zero-order valence-corrected chi connectivity index (χ0v) is 13.2. The number of benzene rings is 3. The molecule has 0 saturated carbocycles. The number of hydrogen-bond acceptors (Lipinski definition) is 1. The lowest BCUT2D eigenvalue weighted by Crippen LogP contribution is -2.12. The number of hydrogen-bond donors (Lipinski definition) is 1. The van der Waals surface area contributed by atoms with Gasteiger partial charge in [0.2, 0.25) is 0 Å². The summed E-state index contributed by atoms with van der Waals surface area (Å²) in [6.07, 6.45) is 2.31. The molecule has 1 aliphatic rings. The van der Waals surface area contributed by atoms with Crippen molar-refractivity contribution in [3.05, 3.63) is 81.3 Å². The van der Waals surface area contributed by atoms with Gasteiger partial charge in [-0.25, -0.2) is 0 Å². The number of halogens is 1. The Labute approximate surface area is 132 Å². The number of nitrogens with two attached hydrogens (primary N) is 1. The maximum atomic E-state index is 6.55. The molecule has 0 aliphatic heterocycles. The molecule has 0 spiro atoms. The first kappa shape index (κ1) is 13.1. The highest BCUT2D eigenvalue weighted by atomic mass is 79.9. The van der Waals surface area contributed by atoms with E-state index in [9.17, 15) is 0 Å². The molecule has 3 aromatic rings. The van der Waals surface area contributed by atoms with E-state index in [1.165, 1.54) is 27.5 Å². The third kappa shape index (κ3) is 2.10. The molecule has 0 amide bonds. The summed E-state index contributed by atoms with van der Waals surface area (Å²) < 4.78 is 1.07. The Balaban J connectivity index is 1.92.